The molecule has 0 unspecified atom stereocenters. The van der Waals surface area contributed by atoms with Crippen LogP contribution in [0, 0.1) is 0 Å². The first-order chi connectivity index (χ1) is 14.2. The number of urea groups is 1. The van der Waals surface area contributed by atoms with Gasteiger partial charge < -0.3 is 15.7 Å². The quantitative estimate of drug-likeness (QED) is 0.474. The molecule has 0 bridgehead atoms. The van der Waals surface area contributed by atoms with Crippen molar-refractivity contribution in [2.45, 2.75) is 12.6 Å². The summed E-state index contributed by atoms with van der Waals surface area (Å²) in [6, 6.07) is 25.7. The van der Waals surface area contributed by atoms with Gasteiger partial charge in [0.1, 0.15) is 5.75 Å². The molecule has 0 aliphatic rings. The molecule has 0 aliphatic heterocycles. The van der Waals surface area contributed by atoms with Gasteiger partial charge in [-0.05, 0) is 34.5 Å². The highest BCUT2D eigenvalue weighted by atomic mass is 16.3. The Labute approximate surface area is 169 Å². The van der Waals surface area contributed by atoms with Crippen molar-refractivity contribution in [3.8, 4) is 5.75 Å². The van der Waals surface area contributed by atoms with Crippen LogP contribution in [0.25, 0.3) is 10.8 Å². The standard InChI is InChI=1S/C24H21N3O2/c28-21-14-13-17-8-4-5-12-20(17)22(21)23(18-9-2-1-3-10-18)27-24(29)26-16-19-11-6-7-15-25-19/h1-15,23,28H,16H2,(H2,26,27,29)/t23-/m0/s1. The SMILES string of the molecule is O=C(NCc1ccccn1)N[C@@H](c1ccccc1)c1c(O)ccc2ccccc12. The number of phenols is 1. The van der Waals surface area contributed by atoms with Gasteiger partial charge in [0.05, 0.1) is 18.3 Å². The summed E-state index contributed by atoms with van der Waals surface area (Å²) in [4.78, 5) is 16.9. The molecule has 4 rings (SSSR count). The van der Waals surface area contributed by atoms with Crippen molar-refractivity contribution in [2.24, 2.45) is 0 Å². The second kappa shape index (κ2) is 8.44. The van der Waals surface area contributed by atoms with Gasteiger partial charge in [-0.25, -0.2) is 4.79 Å². The fraction of sp³-hybridized carbons (Fsp3) is 0.0833. The van der Waals surface area contributed by atoms with Gasteiger partial charge in [-0.3, -0.25) is 4.98 Å². The summed E-state index contributed by atoms with van der Waals surface area (Å²) >= 11 is 0. The average molecular weight is 383 g/mol. The number of carbonyl (C=O) groups is 1. The highest BCUT2D eigenvalue weighted by Gasteiger charge is 2.22. The fourth-order valence-corrected chi connectivity index (χ4v) is 3.41. The Morgan fingerprint density at radius 2 is 1.66 bits per heavy atom. The Morgan fingerprint density at radius 1 is 0.897 bits per heavy atom. The third kappa shape index (κ3) is 4.19. The number of aromatic hydroxyl groups is 1. The highest BCUT2D eigenvalue weighted by molar-refractivity contribution is 5.89. The maximum absolute atomic E-state index is 12.7. The van der Waals surface area contributed by atoms with Crippen LogP contribution in [0.1, 0.15) is 22.9 Å². The Hall–Kier alpha value is -3.86. The van der Waals surface area contributed by atoms with Crippen LogP contribution in [0.4, 0.5) is 4.79 Å². The van der Waals surface area contributed by atoms with Crippen LogP contribution < -0.4 is 10.6 Å². The molecule has 29 heavy (non-hydrogen) atoms. The number of rotatable bonds is 5. The number of nitrogens with zero attached hydrogens (tertiary/aromatic N) is 1. The van der Waals surface area contributed by atoms with Crippen molar-refractivity contribution in [1.82, 2.24) is 15.6 Å². The topological polar surface area (TPSA) is 74.2 Å². The second-order valence-corrected chi connectivity index (χ2v) is 6.71. The van der Waals surface area contributed by atoms with E-state index in [0.29, 0.717) is 12.1 Å². The van der Waals surface area contributed by atoms with Gasteiger partial charge in [0.25, 0.3) is 0 Å². The number of hydrogen-bond donors (Lipinski definition) is 3. The van der Waals surface area contributed by atoms with E-state index in [0.717, 1.165) is 22.0 Å². The largest absolute Gasteiger partial charge is 0.508 e. The number of benzene rings is 3. The first-order valence-electron chi connectivity index (χ1n) is 9.42. The number of nitrogens with one attached hydrogen (secondary N) is 2. The van der Waals surface area contributed by atoms with Gasteiger partial charge >= 0.3 is 6.03 Å². The van der Waals surface area contributed by atoms with Crippen molar-refractivity contribution in [1.29, 1.82) is 0 Å². The summed E-state index contributed by atoms with van der Waals surface area (Å²) in [6.07, 6.45) is 1.69. The van der Waals surface area contributed by atoms with Crippen LogP contribution in [0.5, 0.6) is 5.75 Å². The zero-order valence-electron chi connectivity index (χ0n) is 15.7. The molecular formula is C24H21N3O2. The number of hydrogen-bond acceptors (Lipinski definition) is 3. The zero-order valence-corrected chi connectivity index (χ0v) is 15.7. The molecule has 3 aromatic carbocycles. The van der Waals surface area contributed by atoms with Crippen LogP contribution >= 0.6 is 0 Å². The van der Waals surface area contributed by atoms with Crippen molar-refractivity contribution in [3.63, 3.8) is 0 Å². The van der Waals surface area contributed by atoms with Crippen LogP contribution in [0.3, 0.4) is 0 Å². The van der Waals surface area contributed by atoms with Gasteiger partial charge in [0.2, 0.25) is 0 Å². The predicted octanol–water partition coefficient (Wildman–Crippen LogP) is 4.53. The van der Waals surface area contributed by atoms with E-state index in [9.17, 15) is 9.90 Å². The highest BCUT2D eigenvalue weighted by Crippen LogP contribution is 2.35. The van der Waals surface area contributed by atoms with Gasteiger partial charge in [0.15, 0.2) is 0 Å². The lowest BCUT2D eigenvalue weighted by Crippen LogP contribution is -2.38. The van der Waals surface area contributed by atoms with Crippen molar-refractivity contribution in [3.05, 3.63) is 108 Å². The minimum absolute atomic E-state index is 0.141. The summed E-state index contributed by atoms with van der Waals surface area (Å²) in [5.74, 6) is 0.141. The molecule has 2 amide bonds. The van der Waals surface area contributed by atoms with E-state index in [-0.39, 0.29) is 11.8 Å². The van der Waals surface area contributed by atoms with E-state index in [4.69, 9.17) is 0 Å². The van der Waals surface area contributed by atoms with Gasteiger partial charge in [-0.1, -0.05) is 66.7 Å². The molecular weight excluding hydrogens is 362 g/mol. The van der Waals surface area contributed by atoms with Crippen molar-refractivity contribution < 1.29 is 9.90 Å². The molecule has 0 saturated carbocycles. The molecule has 0 fully saturated rings. The molecule has 1 aromatic heterocycles. The lowest BCUT2D eigenvalue weighted by atomic mass is 9.93. The molecule has 0 saturated heterocycles. The number of fused-ring (bicyclic) bond motifs is 1. The smallest absolute Gasteiger partial charge is 0.315 e. The Morgan fingerprint density at radius 3 is 2.45 bits per heavy atom. The van der Waals surface area contributed by atoms with E-state index in [1.165, 1.54) is 0 Å². The molecule has 0 spiro atoms. The number of phenolic OH excluding ortho intramolecular Hbond substituents is 1. The Kier molecular flexibility index (Phi) is 5.38. The summed E-state index contributed by atoms with van der Waals surface area (Å²) in [7, 11) is 0. The number of amides is 2. The summed E-state index contributed by atoms with van der Waals surface area (Å²) in [5, 5.41) is 18.4. The Balaban J connectivity index is 1.67. The van der Waals surface area contributed by atoms with E-state index < -0.39 is 6.04 Å². The molecule has 5 nitrogen and oxygen atoms in total. The lowest BCUT2D eigenvalue weighted by molar-refractivity contribution is 0.238. The van der Waals surface area contributed by atoms with Crippen molar-refractivity contribution >= 4 is 16.8 Å². The third-order valence-electron chi connectivity index (χ3n) is 4.80. The number of pyridine rings is 1. The van der Waals surface area contributed by atoms with Gasteiger partial charge in [-0.15, -0.1) is 0 Å². The minimum Gasteiger partial charge on any atom is -0.508 e. The summed E-state index contributed by atoms with van der Waals surface area (Å²) in [6.45, 7) is 0.315. The minimum atomic E-state index is -0.508. The van der Waals surface area contributed by atoms with Crippen LogP contribution in [0.2, 0.25) is 0 Å². The zero-order chi connectivity index (χ0) is 20.1. The molecule has 1 heterocycles. The molecule has 0 radical (unpaired) electrons. The normalized spacial score (nSPS) is 11.7. The van der Waals surface area contributed by atoms with Crippen LogP contribution in [-0.4, -0.2) is 16.1 Å². The van der Waals surface area contributed by atoms with Gasteiger partial charge in [0, 0.05) is 11.8 Å². The first-order valence-corrected chi connectivity index (χ1v) is 9.42. The van der Waals surface area contributed by atoms with E-state index in [2.05, 4.69) is 15.6 Å². The number of carbonyl (C=O) groups excluding carboxylic acids is 1. The molecule has 0 aliphatic carbocycles. The molecule has 4 aromatic rings. The predicted molar refractivity (Wildman–Crippen MR) is 114 cm³/mol. The number of aromatic nitrogens is 1. The maximum Gasteiger partial charge on any atom is 0.315 e. The molecule has 5 heteroatoms. The van der Waals surface area contributed by atoms with E-state index in [1.54, 1.807) is 12.3 Å². The van der Waals surface area contributed by atoms with E-state index in [1.807, 2.05) is 78.9 Å². The average Bonchev–Trinajstić information content (AvgIpc) is 2.78. The fourth-order valence-electron chi connectivity index (χ4n) is 3.41. The molecule has 1 atom stereocenters. The summed E-state index contributed by atoms with van der Waals surface area (Å²) < 4.78 is 0. The Bertz CT molecular complexity index is 1110. The molecule has 144 valence electrons. The van der Waals surface area contributed by atoms with Crippen LogP contribution in [0.15, 0.2) is 91.1 Å². The van der Waals surface area contributed by atoms with Gasteiger partial charge in [-0.2, -0.15) is 0 Å². The first kappa shape index (κ1) is 18.5. The molecule has 3 N–H and O–H groups in total. The summed E-state index contributed by atoms with van der Waals surface area (Å²) in [5.41, 5.74) is 2.32. The monoisotopic (exact) mass is 383 g/mol. The van der Waals surface area contributed by atoms with Crippen LogP contribution in [-0.2, 0) is 6.54 Å². The maximum atomic E-state index is 12.7. The van der Waals surface area contributed by atoms with Crippen molar-refractivity contribution in [2.75, 3.05) is 0 Å². The third-order valence-corrected chi connectivity index (χ3v) is 4.80. The second-order valence-electron chi connectivity index (χ2n) is 6.71. The lowest BCUT2D eigenvalue weighted by Gasteiger charge is -2.23. The van der Waals surface area contributed by atoms with E-state index >= 15 is 0 Å².